The van der Waals surface area contributed by atoms with Crippen LogP contribution < -0.4 is 0 Å². The van der Waals surface area contributed by atoms with Gasteiger partial charge in [0.1, 0.15) is 5.82 Å². The summed E-state index contributed by atoms with van der Waals surface area (Å²) in [7, 11) is 0. The van der Waals surface area contributed by atoms with Gasteiger partial charge in [0.05, 0.1) is 5.41 Å². The molecule has 1 fully saturated rings. The van der Waals surface area contributed by atoms with Crippen molar-refractivity contribution in [2.45, 2.75) is 45.4 Å². The molecule has 0 radical (unpaired) electrons. The molecule has 0 bridgehead atoms. The molecule has 1 aromatic rings. The van der Waals surface area contributed by atoms with Crippen molar-refractivity contribution in [2.75, 3.05) is 0 Å². The zero-order valence-corrected chi connectivity index (χ0v) is 12.4. The van der Waals surface area contributed by atoms with Crippen molar-refractivity contribution in [3.8, 4) is 0 Å². The molecule has 2 nitrogen and oxygen atoms in total. The van der Waals surface area contributed by atoms with Gasteiger partial charge in [0, 0.05) is 5.02 Å². The Labute approximate surface area is 123 Å². The van der Waals surface area contributed by atoms with Crippen LogP contribution in [0.1, 0.15) is 44.6 Å². The molecule has 0 saturated heterocycles. The van der Waals surface area contributed by atoms with Crippen LogP contribution in [0.4, 0.5) is 4.39 Å². The summed E-state index contributed by atoms with van der Waals surface area (Å²) in [5, 5.41) is 9.94. The molecule has 0 aromatic heterocycles. The van der Waals surface area contributed by atoms with Gasteiger partial charge >= 0.3 is 5.97 Å². The summed E-state index contributed by atoms with van der Waals surface area (Å²) in [5.41, 5.74) is -0.368. The number of hydrogen-bond acceptors (Lipinski definition) is 1. The number of rotatable bonds is 4. The van der Waals surface area contributed by atoms with E-state index in [1.807, 2.05) is 0 Å². The molecular formula is C16H20ClFO2. The van der Waals surface area contributed by atoms with Gasteiger partial charge in [-0.05, 0) is 55.7 Å². The Kier molecular flexibility index (Phi) is 4.69. The highest BCUT2D eigenvalue weighted by Gasteiger charge is 2.42. The van der Waals surface area contributed by atoms with Gasteiger partial charge in [0.25, 0.3) is 0 Å². The molecule has 1 aromatic carbocycles. The van der Waals surface area contributed by atoms with Crippen molar-refractivity contribution in [3.63, 3.8) is 0 Å². The van der Waals surface area contributed by atoms with Crippen molar-refractivity contribution in [2.24, 2.45) is 11.3 Å². The van der Waals surface area contributed by atoms with Crippen LogP contribution in [0.15, 0.2) is 18.2 Å². The van der Waals surface area contributed by atoms with Crippen molar-refractivity contribution in [3.05, 3.63) is 34.6 Å². The standard InChI is InChI=1S/C16H20ClFO2/c1-2-11-5-7-16(8-6-11,15(19)20)10-12-3-4-13(17)9-14(12)18/h3-4,9,11H,2,5-8,10H2,1H3,(H,19,20). The Morgan fingerprint density at radius 3 is 2.60 bits per heavy atom. The molecule has 1 aliphatic rings. The molecule has 0 atom stereocenters. The molecule has 4 heteroatoms. The molecule has 0 unspecified atom stereocenters. The lowest BCUT2D eigenvalue weighted by Gasteiger charge is -2.36. The predicted molar refractivity (Wildman–Crippen MR) is 77.4 cm³/mol. The number of carbonyl (C=O) groups is 1. The van der Waals surface area contributed by atoms with E-state index in [0.29, 0.717) is 29.3 Å². The van der Waals surface area contributed by atoms with E-state index in [2.05, 4.69) is 6.92 Å². The normalized spacial score (nSPS) is 26.4. The molecule has 1 saturated carbocycles. The number of hydrogen-bond donors (Lipinski definition) is 1. The third-order valence-electron chi connectivity index (χ3n) is 4.64. The molecule has 20 heavy (non-hydrogen) atoms. The number of carboxylic acids is 1. The summed E-state index contributed by atoms with van der Waals surface area (Å²) >= 11 is 5.74. The molecule has 0 spiro atoms. The third-order valence-corrected chi connectivity index (χ3v) is 4.87. The fraction of sp³-hybridized carbons (Fsp3) is 0.562. The first-order valence-electron chi connectivity index (χ1n) is 7.14. The molecule has 0 aliphatic heterocycles. The van der Waals surface area contributed by atoms with Crippen LogP contribution in [0.25, 0.3) is 0 Å². The van der Waals surface area contributed by atoms with Crippen LogP contribution in [0.5, 0.6) is 0 Å². The fourth-order valence-electron chi connectivity index (χ4n) is 3.13. The van der Waals surface area contributed by atoms with Crippen molar-refractivity contribution >= 4 is 17.6 Å². The van der Waals surface area contributed by atoms with Crippen LogP contribution in [-0.2, 0) is 11.2 Å². The minimum absolute atomic E-state index is 0.252. The molecule has 0 heterocycles. The van der Waals surface area contributed by atoms with E-state index in [9.17, 15) is 14.3 Å². The third kappa shape index (κ3) is 3.14. The summed E-state index contributed by atoms with van der Waals surface area (Å²) in [6.07, 6.45) is 4.43. The van der Waals surface area contributed by atoms with Crippen LogP contribution in [0, 0.1) is 17.2 Å². The highest BCUT2D eigenvalue weighted by Crippen LogP contribution is 2.43. The van der Waals surface area contributed by atoms with Gasteiger partial charge < -0.3 is 5.11 Å². The first-order chi connectivity index (χ1) is 9.47. The van der Waals surface area contributed by atoms with Crippen molar-refractivity contribution < 1.29 is 14.3 Å². The first-order valence-corrected chi connectivity index (χ1v) is 7.52. The second-order valence-corrected chi connectivity index (χ2v) is 6.29. The molecule has 0 amide bonds. The highest BCUT2D eigenvalue weighted by atomic mass is 35.5. The Bertz CT molecular complexity index is 493. The Balaban J connectivity index is 2.20. The molecular weight excluding hydrogens is 279 g/mol. The van der Waals surface area contributed by atoms with E-state index in [1.165, 1.54) is 6.07 Å². The molecule has 2 rings (SSSR count). The average molecular weight is 299 g/mol. The summed E-state index contributed by atoms with van der Waals surface area (Å²) in [5.74, 6) is -0.602. The highest BCUT2D eigenvalue weighted by molar-refractivity contribution is 6.30. The van der Waals surface area contributed by atoms with E-state index in [1.54, 1.807) is 12.1 Å². The molecule has 1 aliphatic carbocycles. The number of aliphatic carboxylic acids is 1. The molecule has 110 valence electrons. The second kappa shape index (κ2) is 6.13. The van der Waals surface area contributed by atoms with E-state index in [-0.39, 0.29) is 6.42 Å². The predicted octanol–water partition coefficient (Wildman–Crippen LogP) is 4.69. The van der Waals surface area contributed by atoms with E-state index in [4.69, 9.17) is 11.6 Å². The smallest absolute Gasteiger partial charge is 0.309 e. The maximum absolute atomic E-state index is 13.9. The van der Waals surface area contributed by atoms with Gasteiger partial charge in [-0.2, -0.15) is 0 Å². The van der Waals surface area contributed by atoms with Gasteiger partial charge in [-0.3, -0.25) is 4.79 Å². The summed E-state index contributed by atoms with van der Waals surface area (Å²) in [6.45, 7) is 2.14. The summed E-state index contributed by atoms with van der Waals surface area (Å²) in [6, 6.07) is 4.48. The quantitative estimate of drug-likeness (QED) is 0.875. The Morgan fingerprint density at radius 2 is 2.10 bits per heavy atom. The van der Waals surface area contributed by atoms with Crippen LogP contribution in [0.2, 0.25) is 5.02 Å². The zero-order valence-electron chi connectivity index (χ0n) is 11.7. The summed E-state index contributed by atoms with van der Waals surface area (Å²) < 4.78 is 13.9. The maximum Gasteiger partial charge on any atom is 0.309 e. The topological polar surface area (TPSA) is 37.3 Å². The lowest BCUT2D eigenvalue weighted by atomic mass is 9.67. The Hall–Kier alpha value is -1.09. The first kappa shape index (κ1) is 15.3. The number of carboxylic acid groups (broad SMARTS) is 1. The van der Waals surface area contributed by atoms with E-state index in [0.717, 1.165) is 19.3 Å². The second-order valence-electron chi connectivity index (χ2n) is 5.85. The fourth-order valence-corrected chi connectivity index (χ4v) is 3.29. The van der Waals surface area contributed by atoms with Gasteiger partial charge in [-0.25, -0.2) is 4.39 Å². The molecule has 1 N–H and O–H groups in total. The zero-order chi connectivity index (χ0) is 14.8. The van der Waals surface area contributed by atoms with Gasteiger partial charge in [0.15, 0.2) is 0 Å². The van der Waals surface area contributed by atoms with Crippen molar-refractivity contribution in [1.29, 1.82) is 0 Å². The van der Waals surface area contributed by atoms with Gasteiger partial charge in [-0.15, -0.1) is 0 Å². The Morgan fingerprint density at radius 1 is 1.45 bits per heavy atom. The van der Waals surface area contributed by atoms with E-state index >= 15 is 0 Å². The lowest BCUT2D eigenvalue weighted by molar-refractivity contribution is -0.151. The van der Waals surface area contributed by atoms with Gasteiger partial charge in [-0.1, -0.05) is 31.0 Å². The van der Waals surface area contributed by atoms with Crippen LogP contribution in [-0.4, -0.2) is 11.1 Å². The summed E-state index contributed by atoms with van der Waals surface area (Å²) in [4.78, 5) is 11.7. The maximum atomic E-state index is 13.9. The number of benzene rings is 1. The lowest BCUT2D eigenvalue weighted by Crippen LogP contribution is -2.37. The minimum atomic E-state index is -0.819. The number of halogens is 2. The SMILES string of the molecule is CCC1CCC(Cc2ccc(Cl)cc2F)(C(=O)O)CC1. The minimum Gasteiger partial charge on any atom is -0.481 e. The average Bonchev–Trinajstić information content (AvgIpc) is 2.42. The monoisotopic (exact) mass is 298 g/mol. The van der Waals surface area contributed by atoms with E-state index < -0.39 is 17.2 Å². The van der Waals surface area contributed by atoms with Crippen LogP contribution >= 0.6 is 11.6 Å². The van der Waals surface area contributed by atoms with Gasteiger partial charge in [0.2, 0.25) is 0 Å². The largest absolute Gasteiger partial charge is 0.481 e. The van der Waals surface area contributed by atoms with Crippen LogP contribution in [0.3, 0.4) is 0 Å². The van der Waals surface area contributed by atoms with Crippen molar-refractivity contribution in [1.82, 2.24) is 0 Å².